The predicted octanol–water partition coefficient (Wildman–Crippen LogP) is 1.36. The average molecular weight is 198 g/mol. The maximum atomic E-state index is 11.2. The molecule has 0 bridgehead atoms. The summed E-state index contributed by atoms with van der Waals surface area (Å²) in [7, 11) is 0. The van der Waals surface area contributed by atoms with Gasteiger partial charge in [-0.1, -0.05) is 6.92 Å². The Hall–Kier alpha value is -1.32. The third-order valence-electron chi connectivity index (χ3n) is 2.38. The highest BCUT2D eigenvalue weighted by Crippen LogP contribution is 2.25. The zero-order chi connectivity index (χ0) is 10.7. The molecule has 1 aliphatic rings. The van der Waals surface area contributed by atoms with Crippen molar-refractivity contribution >= 4 is 11.9 Å². The van der Waals surface area contributed by atoms with Gasteiger partial charge in [0.15, 0.2) is 0 Å². The van der Waals surface area contributed by atoms with E-state index in [1.54, 1.807) is 0 Å². The molecule has 0 amide bonds. The Bertz CT molecular complexity index is 280. The molecule has 0 aromatic heterocycles. The van der Waals surface area contributed by atoms with Gasteiger partial charge in [0.05, 0.1) is 5.92 Å². The van der Waals surface area contributed by atoms with Crippen LogP contribution >= 0.6 is 0 Å². The van der Waals surface area contributed by atoms with Gasteiger partial charge < -0.3 is 9.84 Å². The Labute approximate surface area is 82.6 Å². The molecule has 0 aromatic carbocycles. The molecule has 78 valence electrons. The van der Waals surface area contributed by atoms with Gasteiger partial charge in [0.25, 0.3) is 0 Å². The highest BCUT2D eigenvalue weighted by atomic mass is 16.5. The van der Waals surface area contributed by atoms with E-state index in [1.807, 2.05) is 6.92 Å². The topological polar surface area (TPSA) is 63.6 Å². The Morgan fingerprint density at radius 1 is 1.71 bits per heavy atom. The lowest BCUT2D eigenvalue weighted by molar-refractivity contribution is -0.143. The summed E-state index contributed by atoms with van der Waals surface area (Å²) in [5, 5.41) is 8.62. The molecule has 1 saturated heterocycles. The summed E-state index contributed by atoms with van der Waals surface area (Å²) in [6.07, 6.45) is 2.48. The molecule has 1 rings (SSSR count). The van der Waals surface area contributed by atoms with Gasteiger partial charge in [-0.25, -0.2) is 4.79 Å². The number of carbonyl (C=O) groups excluding carboxylic acids is 1. The third-order valence-corrected chi connectivity index (χ3v) is 2.38. The minimum absolute atomic E-state index is 0.0714. The van der Waals surface area contributed by atoms with Crippen molar-refractivity contribution in [2.24, 2.45) is 5.92 Å². The van der Waals surface area contributed by atoms with Crippen molar-refractivity contribution in [3.8, 4) is 0 Å². The number of carbonyl (C=O) groups is 2. The van der Waals surface area contributed by atoms with E-state index in [0.29, 0.717) is 6.42 Å². The molecule has 1 aliphatic heterocycles. The number of carboxylic acids is 1. The molecule has 14 heavy (non-hydrogen) atoms. The van der Waals surface area contributed by atoms with Gasteiger partial charge in [-0.3, -0.25) is 4.79 Å². The molecule has 4 heteroatoms. The minimum Gasteiger partial charge on any atom is -0.478 e. The van der Waals surface area contributed by atoms with Gasteiger partial charge in [0, 0.05) is 12.0 Å². The quantitative estimate of drug-likeness (QED) is 0.549. The van der Waals surface area contributed by atoms with Crippen LogP contribution in [0.25, 0.3) is 0 Å². The van der Waals surface area contributed by atoms with E-state index in [1.165, 1.54) is 13.0 Å². The molecule has 1 N–H and O–H groups in total. The molecule has 0 aliphatic carbocycles. The predicted molar refractivity (Wildman–Crippen MR) is 49.7 cm³/mol. The standard InChI is InChI=1S/C10H14O4/c1-3-7-5-8(14-10(7)13)4-6(2)9(11)12/h4,7-8H,3,5H2,1-2H3,(H,11,12)/b6-4+. The van der Waals surface area contributed by atoms with Crippen molar-refractivity contribution in [1.82, 2.24) is 0 Å². The molecule has 0 spiro atoms. The number of carboxylic acid groups (broad SMARTS) is 1. The zero-order valence-electron chi connectivity index (χ0n) is 8.32. The van der Waals surface area contributed by atoms with Crippen LogP contribution in [0.2, 0.25) is 0 Å². The van der Waals surface area contributed by atoms with Crippen LogP contribution in [0, 0.1) is 5.92 Å². The van der Waals surface area contributed by atoms with Crippen LogP contribution < -0.4 is 0 Å². The molecule has 4 nitrogen and oxygen atoms in total. The van der Waals surface area contributed by atoms with Gasteiger partial charge in [-0.2, -0.15) is 0 Å². The molecule has 0 radical (unpaired) electrons. The number of aliphatic carboxylic acids is 1. The largest absolute Gasteiger partial charge is 0.478 e. The van der Waals surface area contributed by atoms with Gasteiger partial charge in [-0.15, -0.1) is 0 Å². The first-order valence-corrected chi connectivity index (χ1v) is 4.66. The molecule has 1 fully saturated rings. The second-order valence-electron chi connectivity index (χ2n) is 3.47. The van der Waals surface area contributed by atoms with Crippen LogP contribution in [0.15, 0.2) is 11.6 Å². The normalized spacial score (nSPS) is 27.6. The number of rotatable bonds is 3. The number of hydrogen-bond donors (Lipinski definition) is 1. The van der Waals surface area contributed by atoms with Crippen LogP contribution in [0.1, 0.15) is 26.7 Å². The Morgan fingerprint density at radius 3 is 2.79 bits per heavy atom. The smallest absolute Gasteiger partial charge is 0.331 e. The van der Waals surface area contributed by atoms with Crippen molar-refractivity contribution < 1.29 is 19.4 Å². The molecule has 0 saturated carbocycles. The Morgan fingerprint density at radius 2 is 2.36 bits per heavy atom. The zero-order valence-corrected chi connectivity index (χ0v) is 8.32. The maximum Gasteiger partial charge on any atom is 0.331 e. The van der Waals surface area contributed by atoms with E-state index in [4.69, 9.17) is 9.84 Å². The van der Waals surface area contributed by atoms with Crippen LogP contribution in [0.3, 0.4) is 0 Å². The van der Waals surface area contributed by atoms with Crippen molar-refractivity contribution in [2.45, 2.75) is 32.8 Å². The van der Waals surface area contributed by atoms with Gasteiger partial charge in [0.2, 0.25) is 0 Å². The number of hydrogen-bond acceptors (Lipinski definition) is 3. The molecular formula is C10H14O4. The monoisotopic (exact) mass is 198 g/mol. The third kappa shape index (κ3) is 2.34. The fourth-order valence-corrected chi connectivity index (χ4v) is 1.46. The molecule has 2 atom stereocenters. The summed E-state index contributed by atoms with van der Waals surface area (Å²) in [6.45, 7) is 3.41. The van der Waals surface area contributed by atoms with E-state index >= 15 is 0 Å². The minimum atomic E-state index is -0.971. The van der Waals surface area contributed by atoms with E-state index in [0.717, 1.165) is 6.42 Å². The van der Waals surface area contributed by atoms with Crippen LogP contribution in [0.4, 0.5) is 0 Å². The van der Waals surface area contributed by atoms with E-state index in [-0.39, 0.29) is 23.6 Å². The summed E-state index contributed by atoms with van der Waals surface area (Å²) >= 11 is 0. The molecule has 1 heterocycles. The van der Waals surface area contributed by atoms with Crippen LogP contribution in [-0.4, -0.2) is 23.1 Å². The number of cyclic esters (lactones) is 1. The van der Waals surface area contributed by atoms with Crippen molar-refractivity contribution in [3.63, 3.8) is 0 Å². The first kappa shape index (κ1) is 10.8. The number of esters is 1. The van der Waals surface area contributed by atoms with Gasteiger partial charge in [0.1, 0.15) is 6.10 Å². The van der Waals surface area contributed by atoms with E-state index in [2.05, 4.69) is 0 Å². The Balaban J connectivity index is 2.62. The van der Waals surface area contributed by atoms with Crippen molar-refractivity contribution in [2.75, 3.05) is 0 Å². The summed E-state index contributed by atoms with van der Waals surface area (Å²) in [5.41, 5.74) is 0.222. The van der Waals surface area contributed by atoms with Crippen LogP contribution in [-0.2, 0) is 14.3 Å². The SMILES string of the molecule is CCC1CC(/C=C(\C)C(=O)O)OC1=O. The first-order chi connectivity index (χ1) is 6.54. The summed E-state index contributed by atoms with van der Waals surface area (Å²) in [6, 6.07) is 0. The lowest BCUT2D eigenvalue weighted by Crippen LogP contribution is -2.07. The lowest BCUT2D eigenvalue weighted by Gasteiger charge is -2.02. The maximum absolute atomic E-state index is 11.2. The summed E-state index contributed by atoms with van der Waals surface area (Å²) in [5.74, 6) is -1.26. The van der Waals surface area contributed by atoms with E-state index in [9.17, 15) is 9.59 Å². The van der Waals surface area contributed by atoms with Crippen molar-refractivity contribution in [1.29, 1.82) is 0 Å². The van der Waals surface area contributed by atoms with Crippen LogP contribution in [0.5, 0.6) is 0 Å². The highest BCUT2D eigenvalue weighted by molar-refractivity contribution is 5.86. The Kier molecular flexibility index (Phi) is 3.28. The summed E-state index contributed by atoms with van der Waals surface area (Å²) < 4.78 is 5.01. The summed E-state index contributed by atoms with van der Waals surface area (Å²) in [4.78, 5) is 21.7. The molecular weight excluding hydrogens is 184 g/mol. The molecule has 0 aromatic rings. The van der Waals surface area contributed by atoms with Gasteiger partial charge in [-0.05, 0) is 19.4 Å². The first-order valence-electron chi connectivity index (χ1n) is 4.66. The highest BCUT2D eigenvalue weighted by Gasteiger charge is 2.31. The van der Waals surface area contributed by atoms with E-state index < -0.39 is 5.97 Å². The second-order valence-corrected chi connectivity index (χ2v) is 3.47. The fraction of sp³-hybridized carbons (Fsp3) is 0.600. The van der Waals surface area contributed by atoms with Gasteiger partial charge >= 0.3 is 11.9 Å². The molecule has 2 unspecified atom stereocenters. The van der Waals surface area contributed by atoms with Crippen molar-refractivity contribution in [3.05, 3.63) is 11.6 Å². The number of ether oxygens (including phenoxy) is 1. The lowest BCUT2D eigenvalue weighted by atomic mass is 10.0. The fourth-order valence-electron chi connectivity index (χ4n) is 1.46. The average Bonchev–Trinajstić information content (AvgIpc) is 2.45. The second kappa shape index (κ2) is 4.26.